The smallest absolute Gasteiger partial charge is 0.248 e. The molecule has 0 saturated carbocycles. The number of nitrogens with zero attached hydrogens (tertiary/aromatic N) is 2. The molecule has 1 amide bonds. The topological polar surface area (TPSA) is 59.0 Å². The number of benzene rings is 1. The Hall–Kier alpha value is -1.99. The SMILES string of the molecule is CCC(NC(=O)C1(n2cccn2)CCNCC1)c1ccc(F)cc1F.Cl. The Balaban J connectivity index is 0.00000243. The second-order valence-electron chi connectivity index (χ2n) is 6.33. The fourth-order valence-electron chi connectivity index (χ4n) is 3.40. The number of carbonyl (C=O) groups excluding carboxylic acids is 1. The lowest BCUT2D eigenvalue weighted by Gasteiger charge is -2.37. The van der Waals surface area contributed by atoms with Gasteiger partial charge < -0.3 is 10.6 Å². The van der Waals surface area contributed by atoms with E-state index in [1.807, 2.05) is 6.92 Å². The highest BCUT2D eigenvalue weighted by molar-refractivity contribution is 5.85. The van der Waals surface area contributed by atoms with Crippen LogP contribution < -0.4 is 10.6 Å². The third-order valence-electron chi connectivity index (χ3n) is 4.85. The Morgan fingerprint density at radius 3 is 2.69 bits per heavy atom. The van der Waals surface area contributed by atoms with Crippen LogP contribution in [0.4, 0.5) is 8.78 Å². The summed E-state index contributed by atoms with van der Waals surface area (Å²) in [5.74, 6) is -1.47. The molecule has 0 aliphatic carbocycles. The lowest BCUT2D eigenvalue weighted by atomic mass is 9.86. The molecule has 8 heteroatoms. The van der Waals surface area contributed by atoms with Crippen molar-refractivity contribution < 1.29 is 13.6 Å². The summed E-state index contributed by atoms with van der Waals surface area (Å²) in [6.07, 6.45) is 5.13. The van der Waals surface area contributed by atoms with Crippen LogP contribution in [0.1, 0.15) is 37.8 Å². The van der Waals surface area contributed by atoms with Gasteiger partial charge in [0, 0.05) is 24.0 Å². The van der Waals surface area contributed by atoms with Gasteiger partial charge in [-0.05, 0) is 44.5 Å². The molecule has 3 rings (SSSR count). The highest BCUT2D eigenvalue weighted by Crippen LogP contribution is 2.29. The van der Waals surface area contributed by atoms with E-state index in [9.17, 15) is 13.6 Å². The lowest BCUT2D eigenvalue weighted by molar-refractivity contribution is -0.132. The summed E-state index contributed by atoms with van der Waals surface area (Å²) in [6.45, 7) is 3.26. The summed E-state index contributed by atoms with van der Waals surface area (Å²) in [5.41, 5.74) is -0.500. The molecule has 5 nitrogen and oxygen atoms in total. The van der Waals surface area contributed by atoms with Crippen molar-refractivity contribution in [2.75, 3.05) is 13.1 Å². The molecule has 1 unspecified atom stereocenters. The molecule has 1 aliphatic rings. The van der Waals surface area contributed by atoms with Gasteiger partial charge in [-0.2, -0.15) is 5.10 Å². The van der Waals surface area contributed by atoms with Crippen LogP contribution in [-0.2, 0) is 10.3 Å². The summed E-state index contributed by atoms with van der Waals surface area (Å²) < 4.78 is 29.0. The summed E-state index contributed by atoms with van der Waals surface area (Å²) in [5, 5.41) is 10.5. The molecular weight excluding hydrogens is 362 g/mol. The average Bonchev–Trinajstić information content (AvgIpc) is 3.16. The summed E-state index contributed by atoms with van der Waals surface area (Å²) in [4.78, 5) is 13.1. The van der Waals surface area contributed by atoms with E-state index in [4.69, 9.17) is 0 Å². The average molecular weight is 385 g/mol. The first-order valence-corrected chi connectivity index (χ1v) is 8.53. The van der Waals surface area contributed by atoms with E-state index in [0.29, 0.717) is 37.9 Å². The van der Waals surface area contributed by atoms with E-state index in [1.54, 1.807) is 23.1 Å². The predicted molar refractivity (Wildman–Crippen MR) is 97.1 cm³/mol. The molecule has 1 fully saturated rings. The number of amides is 1. The van der Waals surface area contributed by atoms with Crippen molar-refractivity contribution in [3.8, 4) is 0 Å². The minimum absolute atomic E-state index is 0. The minimum atomic E-state index is -0.793. The number of halogens is 3. The quantitative estimate of drug-likeness (QED) is 0.833. The number of carbonyl (C=O) groups is 1. The van der Waals surface area contributed by atoms with Crippen LogP contribution in [0.3, 0.4) is 0 Å². The zero-order valence-corrected chi connectivity index (χ0v) is 15.4. The molecule has 26 heavy (non-hydrogen) atoms. The van der Waals surface area contributed by atoms with Gasteiger partial charge in [-0.15, -0.1) is 12.4 Å². The third-order valence-corrected chi connectivity index (χ3v) is 4.85. The second kappa shape index (κ2) is 8.60. The molecular formula is C18H23ClF2N4O. The number of aromatic nitrogens is 2. The molecule has 1 aromatic heterocycles. The fourth-order valence-corrected chi connectivity index (χ4v) is 3.40. The molecule has 1 saturated heterocycles. The maximum Gasteiger partial charge on any atom is 0.248 e. The van der Waals surface area contributed by atoms with Crippen LogP contribution in [0.25, 0.3) is 0 Å². The van der Waals surface area contributed by atoms with E-state index in [0.717, 1.165) is 6.07 Å². The monoisotopic (exact) mass is 384 g/mol. The Morgan fingerprint density at radius 1 is 1.38 bits per heavy atom. The van der Waals surface area contributed by atoms with Gasteiger partial charge in [-0.3, -0.25) is 9.48 Å². The third kappa shape index (κ3) is 3.88. The lowest BCUT2D eigenvalue weighted by Crippen LogP contribution is -2.55. The van der Waals surface area contributed by atoms with E-state index < -0.39 is 23.2 Å². The standard InChI is InChI=1S/C18H22F2N4O.ClH/c1-2-16(14-5-4-13(19)12-15(14)20)23-17(25)18(6-9-21-10-7-18)24-11-3-8-22-24;/h3-5,8,11-12,16,21H,2,6-7,9-10H2,1H3,(H,23,25);1H. The maximum absolute atomic E-state index is 14.1. The van der Waals surface area contributed by atoms with E-state index in [2.05, 4.69) is 15.7 Å². The normalized spacial score (nSPS) is 17.2. The fraction of sp³-hybridized carbons (Fsp3) is 0.444. The summed E-state index contributed by atoms with van der Waals surface area (Å²) >= 11 is 0. The van der Waals surface area contributed by atoms with Crippen LogP contribution in [0.5, 0.6) is 0 Å². The zero-order valence-electron chi connectivity index (χ0n) is 14.5. The van der Waals surface area contributed by atoms with E-state index in [-0.39, 0.29) is 18.3 Å². The van der Waals surface area contributed by atoms with Gasteiger partial charge in [-0.1, -0.05) is 13.0 Å². The van der Waals surface area contributed by atoms with Gasteiger partial charge >= 0.3 is 0 Å². The van der Waals surface area contributed by atoms with Gasteiger partial charge in [0.05, 0.1) is 6.04 Å². The van der Waals surface area contributed by atoms with Gasteiger partial charge in [0.25, 0.3) is 0 Å². The molecule has 142 valence electrons. The Kier molecular flexibility index (Phi) is 6.72. The predicted octanol–water partition coefficient (Wildman–Crippen LogP) is 2.93. The molecule has 0 bridgehead atoms. The molecule has 1 aliphatic heterocycles. The van der Waals surface area contributed by atoms with Gasteiger partial charge in [-0.25, -0.2) is 8.78 Å². The number of nitrogens with one attached hydrogen (secondary N) is 2. The zero-order chi connectivity index (χ0) is 17.9. The first-order chi connectivity index (χ1) is 12.1. The molecule has 0 spiro atoms. The first kappa shape index (κ1) is 20.3. The van der Waals surface area contributed by atoms with Crippen molar-refractivity contribution in [3.63, 3.8) is 0 Å². The minimum Gasteiger partial charge on any atom is -0.347 e. The van der Waals surface area contributed by atoms with Crippen LogP contribution >= 0.6 is 12.4 Å². The van der Waals surface area contributed by atoms with E-state index in [1.165, 1.54) is 12.1 Å². The summed E-state index contributed by atoms with van der Waals surface area (Å²) in [7, 11) is 0. The Morgan fingerprint density at radius 2 is 2.12 bits per heavy atom. The molecule has 2 heterocycles. The van der Waals surface area contributed by atoms with Crippen molar-refractivity contribution in [1.82, 2.24) is 20.4 Å². The van der Waals surface area contributed by atoms with Crippen molar-refractivity contribution in [3.05, 3.63) is 53.9 Å². The Labute approximate surface area is 157 Å². The number of piperidine rings is 1. The second-order valence-corrected chi connectivity index (χ2v) is 6.33. The van der Waals surface area contributed by atoms with Gasteiger partial charge in [0.1, 0.15) is 17.2 Å². The van der Waals surface area contributed by atoms with Gasteiger partial charge in [0.2, 0.25) is 5.91 Å². The van der Waals surface area contributed by atoms with Crippen molar-refractivity contribution >= 4 is 18.3 Å². The summed E-state index contributed by atoms with van der Waals surface area (Å²) in [6, 6.07) is 4.71. The van der Waals surface area contributed by atoms with Crippen molar-refractivity contribution in [2.45, 2.75) is 37.8 Å². The number of rotatable bonds is 5. The molecule has 2 aromatic rings. The van der Waals surface area contributed by atoms with Crippen LogP contribution in [-0.4, -0.2) is 28.8 Å². The maximum atomic E-state index is 14.1. The molecule has 1 aromatic carbocycles. The number of hydrogen-bond acceptors (Lipinski definition) is 3. The molecule has 0 radical (unpaired) electrons. The Bertz CT molecular complexity index is 733. The largest absolute Gasteiger partial charge is 0.347 e. The van der Waals surface area contributed by atoms with Crippen LogP contribution in [0.2, 0.25) is 0 Å². The first-order valence-electron chi connectivity index (χ1n) is 8.53. The molecule has 1 atom stereocenters. The van der Waals surface area contributed by atoms with Crippen LogP contribution in [0.15, 0.2) is 36.7 Å². The van der Waals surface area contributed by atoms with Crippen molar-refractivity contribution in [1.29, 1.82) is 0 Å². The van der Waals surface area contributed by atoms with E-state index >= 15 is 0 Å². The van der Waals surface area contributed by atoms with Gasteiger partial charge in [0.15, 0.2) is 0 Å². The number of hydrogen-bond donors (Lipinski definition) is 2. The van der Waals surface area contributed by atoms with Crippen LogP contribution in [0, 0.1) is 11.6 Å². The van der Waals surface area contributed by atoms with Crippen molar-refractivity contribution in [2.24, 2.45) is 0 Å². The highest BCUT2D eigenvalue weighted by Gasteiger charge is 2.42. The molecule has 2 N–H and O–H groups in total. The highest BCUT2D eigenvalue weighted by atomic mass is 35.5.